The van der Waals surface area contributed by atoms with Crippen molar-refractivity contribution in [3.63, 3.8) is 0 Å². The summed E-state index contributed by atoms with van der Waals surface area (Å²) in [5.41, 5.74) is 1.50. The molecule has 0 amide bonds. The van der Waals surface area contributed by atoms with Crippen LogP contribution < -0.4 is 4.74 Å². The highest BCUT2D eigenvalue weighted by Gasteiger charge is 2.26. The van der Waals surface area contributed by atoms with Crippen molar-refractivity contribution < 1.29 is 19.4 Å². The highest BCUT2D eigenvalue weighted by Crippen LogP contribution is 2.32. The third-order valence-electron chi connectivity index (χ3n) is 2.93. The lowest BCUT2D eigenvalue weighted by molar-refractivity contribution is -0.138. The Morgan fingerprint density at radius 3 is 2.50 bits per heavy atom. The van der Waals surface area contributed by atoms with E-state index in [-0.39, 0.29) is 6.42 Å². The summed E-state index contributed by atoms with van der Waals surface area (Å²) in [6.07, 6.45) is 0.0794. The van der Waals surface area contributed by atoms with Crippen LogP contribution in [0.5, 0.6) is 5.75 Å². The van der Waals surface area contributed by atoms with E-state index in [1.54, 1.807) is 14.2 Å². The van der Waals surface area contributed by atoms with Crippen LogP contribution in [0.4, 0.5) is 0 Å². The van der Waals surface area contributed by atoms with Gasteiger partial charge < -0.3 is 14.6 Å². The predicted molar refractivity (Wildman–Crippen MR) is 69.0 cm³/mol. The van der Waals surface area contributed by atoms with E-state index in [0.29, 0.717) is 6.61 Å². The van der Waals surface area contributed by atoms with E-state index in [9.17, 15) is 4.79 Å². The summed E-state index contributed by atoms with van der Waals surface area (Å²) < 4.78 is 10.3. The number of rotatable bonds is 6. The zero-order valence-electron chi connectivity index (χ0n) is 11.3. The molecule has 0 radical (unpaired) electrons. The number of ether oxygens (including phenoxy) is 2. The first-order chi connectivity index (χ1) is 8.40. The summed E-state index contributed by atoms with van der Waals surface area (Å²) in [6.45, 7) is 4.28. The first-order valence-corrected chi connectivity index (χ1v) is 5.79. The lowest BCUT2D eigenvalue weighted by Crippen LogP contribution is -2.23. The van der Waals surface area contributed by atoms with Gasteiger partial charge in [-0.1, -0.05) is 19.9 Å². The molecule has 0 saturated heterocycles. The normalized spacial score (nSPS) is 11.3. The molecule has 0 spiro atoms. The molecule has 0 fully saturated rings. The Morgan fingerprint density at radius 2 is 2.00 bits per heavy atom. The van der Waals surface area contributed by atoms with Crippen LogP contribution in [0, 0.1) is 0 Å². The Morgan fingerprint density at radius 1 is 1.33 bits per heavy atom. The number of carboxylic acid groups (broad SMARTS) is 1. The fourth-order valence-corrected chi connectivity index (χ4v) is 2.11. The molecule has 1 aromatic carbocycles. The number of hydrogen-bond donors (Lipinski definition) is 1. The standard InChI is InChI=1S/C14H20O4/c1-14(2,8-13(15)16)12-6-5-11(18-4)7-10(12)9-17-3/h5-7H,8-9H2,1-4H3,(H,15,16). The van der Waals surface area contributed by atoms with E-state index >= 15 is 0 Å². The molecule has 1 aromatic rings. The second kappa shape index (κ2) is 5.87. The number of carboxylic acids is 1. The second-order valence-electron chi connectivity index (χ2n) is 4.91. The molecule has 0 unspecified atom stereocenters. The van der Waals surface area contributed by atoms with Crippen LogP contribution in [0.2, 0.25) is 0 Å². The van der Waals surface area contributed by atoms with E-state index in [1.165, 1.54) is 0 Å². The molecule has 1 rings (SSSR count). The summed E-state index contributed by atoms with van der Waals surface area (Å²) in [6, 6.07) is 5.65. The van der Waals surface area contributed by atoms with Gasteiger partial charge in [0.2, 0.25) is 0 Å². The van der Waals surface area contributed by atoms with Gasteiger partial charge in [-0.3, -0.25) is 4.79 Å². The van der Waals surface area contributed by atoms with Gasteiger partial charge in [0.25, 0.3) is 0 Å². The molecule has 0 aromatic heterocycles. The van der Waals surface area contributed by atoms with Gasteiger partial charge in [0.15, 0.2) is 0 Å². The van der Waals surface area contributed by atoms with Gasteiger partial charge in [-0.15, -0.1) is 0 Å². The number of aliphatic carboxylic acids is 1. The Hall–Kier alpha value is -1.55. The number of benzene rings is 1. The molecule has 0 aliphatic heterocycles. The van der Waals surface area contributed by atoms with Gasteiger partial charge in [-0.05, 0) is 23.3 Å². The summed E-state index contributed by atoms with van der Waals surface area (Å²) in [7, 11) is 3.22. The quantitative estimate of drug-likeness (QED) is 0.845. The zero-order valence-corrected chi connectivity index (χ0v) is 11.3. The summed E-state index contributed by atoms with van der Waals surface area (Å²) in [5, 5.41) is 8.98. The number of methoxy groups -OCH3 is 2. The molecule has 100 valence electrons. The highest BCUT2D eigenvalue weighted by atomic mass is 16.5. The lowest BCUT2D eigenvalue weighted by atomic mass is 9.79. The van der Waals surface area contributed by atoms with Crippen LogP contribution in [0.3, 0.4) is 0 Å². The fraction of sp³-hybridized carbons (Fsp3) is 0.500. The van der Waals surface area contributed by atoms with Gasteiger partial charge in [0, 0.05) is 12.5 Å². The zero-order chi connectivity index (χ0) is 13.8. The first-order valence-electron chi connectivity index (χ1n) is 5.79. The number of carbonyl (C=O) groups is 1. The summed E-state index contributed by atoms with van der Waals surface area (Å²) >= 11 is 0. The molecular formula is C14H20O4. The second-order valence-corrected chi connectivity index (χ2v) is 4.91. The molecule has 4 heteroatoms. The van der Waals surface area contributed by atoms with Crippen molar-refractivity contribution in [1.29, 1.82) is 0 Å². The molecule has 1 N–H and O–H groups in total. The van der Waals surface area contributed by atoms with E-state index < -0.39 is 11.4 Å². The van der Waals surface area contributed by atoms with Gasteiger partial charge >= 0.3 is 5.97 Å². The van der Waals surface area contributed by atoms with E-state index in [0.717, 1.165) is 16.9 Å². The van der Waals surface area contributed by atoms with Gasteiger partial charge in [0.05, 0.1) is 20.1 Å². The average molecular weight is 252 g/mol. The molecule has 0 aliphatic carbocycles. The predicted octanol–water partition coefficient (Wildman–Crippen LogP) is 2.59. The first kappa shape index (κ1) is 14.5. The van der Waals surface area contributed by atoms with Crippen molar-refractivity contribution in [2.75, 3.05) is 14.2 Å². The monoisotopic (exact) mass is 252 g/mol. The molecule has 0 atom stereocenters. The Kier molecular flexibility index (Phi) is 4.73. The van der Waals surface area contributed by atoms with E-state index in [2.05, 4.69) is 0 Å². The molecule has 0 bridgehead atoms. The van der Waals surface area contributed by atoms with Crippen LogP contribution in [0.15, 0.2) is 18.2 Å². The number of hydrogen-bond acceptors (Lipinski definition) is 3. The van der Waals surface area contributed by atoms with Crippen molar-refractivity contribution in [2.24, 2.45) is 0 Å². The lowest BCUT2D eigenvalue weighted by Gasteiger charge is -2.26. The van der Waals surface area contributed by atoms with Gasteiger partial charge in [-0.25, -0.2) is 0 Å². The molecular weight excluding hydrogens is 232 g/mol. The maximum Gasteiger partial charge on any atom is 0.304 e. The van der Waals surface area contributed by atoms with Crippen LogP contribution in [-0.4, -0.2) is 25.3 Å². The average Bonchev–Trinajstić information content (AvgIpc) is 2.27. The van der Waals surface area contributed by atoms with E-state index in [1.807, 2.05) is 32.0 Å². The molecule has 18 heavy (non-hydrogen) atoms. The summed E-state index contributed by atoms with van der Waals surface area (Å²) in [5.74, 6) is -0.0592. The van der Waals surface area contributed by atoms with Crippen LogP contribution in [-0.2, 0) is 21.6 Å². The topological polar surface area (TPSA) is 55.8 Å². The molecule has 0 heterocycles. The van der Waals surface area contributed by atoms with E-state index in [4.69, 9.17) is 14.6 Å². The van der Waals surface area contributed by atoms with Crippen LogP contribution in [0.25, 0.3) is 0 Å². The molecule has 0 aliphatic rings. The molecule has 0 saturated carbocycles. The largest absolute Gasteiger partial charge is 0.497 e. The highest BCUT2D eigenvalue weighted by molar-refractivity contribution is 5.69. The third-order valence-corrected chi connectivity index (χ3v) is 2.93. The van der Waals surface area contributed by atoms with Crippen LogP contribution >= 0.6 is 0 Å². The minimum atomic E-state index is -0.806. The maximum absolute atomic E-state index is 10.9. The molecule has 4 nitrogen and oxygen atoms in total. The fourth-order valence-electron chi connectivity index (χ4n) is 2.11. The SMILES string of the molecule is COCc1cc(OC)ccc1C(C)(C)CC(=O)O. The summed E-state index contributed by atoms with van der Waals surface area (Å²) in [4.78, 5) is 10.9. The van der Waals surface area contributed by atoms with Gasteiger partial charge in [-0.2, -0.15) is 0 Å². The Labute approximate surface area is 108 Å². The third kappa shape index (κ3) is 3.47. The van der Waals surface area contributed by atoms with Crippen molar-refractivity contribution >= 4 is 5.97 Å². The maximum atomic E-state index is 10.9. The van der Waals surface area contributed by atoms with Crippen LogP contribution in [0.1, 0.15) is 31.4 Å². The van der Waals surface area contributed by atoms with Crippen molar-refractivity contribution in [1.82, 2.24) is 0 Å². The van der Waals surface area contributed by atoms with Crippen molar-refractivity contribution in [3.05, 3.63) is 29.3 Å². The minimum absolute atomic E-state index is 0.0794. The Balaban J connectivity index is 3.17. The van der Waals surface area contributed by atoms with Gasteiger partial charge in [0.1, 0.15) is 5.75 Å². The minimum Gasteiger partial charge on any atom is -0.497 e. The smallest absolute Gasteiger partial charge is 0.304 e. The Bertz CT molecular complexity index is 424. The van der Waals surface area contributed by atoms with Crippen molar-refractivity contribution in [3.8, 4) is 5.75 Å². The van der Waals surface area contributed by atoms with Crippen molar-refractivity contribution in [2.45, 2.75) is 32.3 Å².